The predicted molar refractivity (Wildman–Crippen MR) is 139 cm³/mol. The van der Waals surface area contributed by atoms with Crippen molar-refractivity contribution in [3.05, 3.63) is 77.4 Å². The summed E-state index contributed by atoms with van der Waals surface area (Å²) in [5, 5.41) is 7.75. The molecule has 0 radical (unpaired) electrons. The number of carbonyl (C=O) groups is 1. The number of hydrogen-bond acceptors (Lipinski definition) is 6. The van der Waals surface area contributed by atoms with E-state index in [1.165, 1.54) is 0 Å². The highest BCUT2D eigenvalue weighted by Gasteiger charge is 2.31. The standard InChI is InChI=1S/C27H26F4N6O2/c28-23-8-7-21(27(29,30)31)16-24(23)36-26(38)35-22-4-1-3-19(15-22)5-6-20-17-33-25(34-18-20)32-9-2-10-37-11-13-39-14-12-37/h1,3-4,7-8,15-18H,2,9-14H2,(H,32,33,34)(H2,35,36,38). The van der Waals surface area contributed by atoms with E-state index in [-0.39, 0.29) is 0 Å². The van der Waals surface area contributed by atoms with Crippen molar-refractivity contribution in [2.45, 2.75) is 12.6 Å². The van der Waals surface area contributed by atoms with Crippen LogP contribution in [0.15, 0.2) is 54.9 Å². The Hall–Kier alpha value is -4.21. The topological polar surface area (TPSA) is 91.4 Å². The molecule has 2 heterocycles. The molecule has 0 atom stereocenters. The van der Waals surface area contributed by atoms with Gasteiger partial charge in [0.1, 0.15) is 5.82 Å². The third-order valence-corrected chi connectivity index (χ3v) is 5.70. The second-order valence-corrected chi connectivity index (χ2v) is 8.63. The van der Waals surface area contributed by atoms with Gasteiger partial charge >= 0.3 is 12.2 Å². The number of alkyl halides is 3. The lowest BCUT2D eigenvalue weighted by atomic mass is 10.2. The first-order valence-electron chi connectivity index (χ1n) is 12.2. The van der Waals surface area contributed by atoms with Gasteiger partial charge in [-0.3, -0.25) is 4.90 Å². The van der Waals surface area contributed by atoms with Crippen molar-refractivity contribution in [3.8, 4) is 11.8 Å². The van der Waals surface area contributed by atoms with Crippen LogP contribution >= 0.6 is 0 Å². The Morgan fingerprint density at radius 1 is 1.00 bits per heavy atom. The molecule has 204 valence electrons. The molecule has 8 nitrogen and oxygen atoms in total. The monoisotopic (exact) mass is 542 g/mol. The van der Waals surface area contributed by atoms with Gasteiger partial charge < -0.3 is 20.7 Å². The number of carbonyl (C=O) groups excluding carboxylic acids is 1. The summed E-state index contributed by atoms with van der Waals surface area (Å²) in [6.07, 6.45) is -0.506. The molecule has 1 saturated heterocycles. The fourth-order valence-electron chi connectivity index (χ4n) is 3.71. The number of ether oxygens (including phenoxy) is 1. The van der Waals surface area contributed by atoms with E-state index in [0.29, 0.717) is 41.0 Å². The van der Waals surface area contributed by atoms with Gasteiger partial charge in [0, 0.05) is 43.3 Å². The normalized spacial score (nSPS) is 13.7. The predicted octanol–water partition coefficient (Wildman–Crippen LogP) is 4.81. The van der Waals surface area contributed by atoms with E-state index >= 15 is 0 Å². The van der Waals surface area contributed by atoms with Crippen molar-refractivity contribution in [2.75, 3.05) is 55.3 Å². The molecule has 0 aliphatic carbocycles. The maximum absolute atomic E-state index is 13.9. The first kappa shape index (κ1) is 27.8. The Labute approximate surface area is 222 Å². The van der Waals surface area contributed by atoms with E-state index in [4.69, 9.17) is 4.74 Å². The van der Waals surface area contributed by atoms with Gasteiger partial charge in [-0.1, -0.05) is 17.9 Å². The van der Waals surface area contributed by atoms with Crippen molar-refractivity contribution in [1.29, 1.82) is 0 Å². The molecular weight excluding hydrogens is 516 g/mol. The van der Waals surface area contributed by atoms with Crippen molar-refractivity contribution in [1.82, 2.24) is 14.9 Å². The Morgan fingerprint density at radius 3 is 2.49 bits per heavy atom. The smallest absolute Gasteiger partial charge is 0.379 e. The molecular formula is C27H26F4N6O2. The van der Waals surface area contributed by atoms with Crippen LogP contribution in [0.2, 0.25) is 0 Å². The van der Waals surface area contributed by atoms with Crippen molar-refractivity contribution in [2.24, 2.45) is 0 Å². The zero-order chi connectivity index (χ0) is 27.7. The Kier molecular flexibility index (Phi) is 9.30. The fourth-order valence-corrected chi connectivity index (χ4v) is 3.71. The van der Waals surface area contributed by atoms with Crippen LogP contribution in [-0.4, -0.2) is 60.3 Å². The SMILES string of the molecule is O=C(Nc1cccc(C#Cc2cnc(NCCCN3CCOCC3)nc2)c1)Nc1cc(C(F)(F)F)ccc1F. The number of urea groups is 1. The summed E-state index contributed by atoms with van der Waals surface area (Å²) in [4.78, 5) is 23.2. The molecule has 1 aromatic heterocycles. The van der Waals surface area contributed by atoms with Crippen LogP contribution in [-0.2, 0) is 10.9 Å². The molecule has 3 N–H and O–H groups in total. The summed E-state index contributed by atoms with van der Waals surface area (Å²) in [5.74, 6) is 5.40. The Morgan fingerprint density at radius 2 is 1.74 bits per heavy atom. The molecule has 4 rings (SSSR count). The molecule has 0 bridgehead atoms. The number of aromatic nitrogens is 2. The highest BCUT2D eigenvalue weighted by molar-refractivity contribution is 6.00. The molecule has 0 spiro atoms. The molecule has 3 aromatic rings. The number of halogens is 4. The second-order valence-electron chi connectivity index (χ2n) is 8.63. The maximum atomic E-state index is 13.9. The first-order chi connectivity index (χ1) is 18.8. The number of benzene rings is 2. The minimum absolute atomic E-state index is 0.319. The average molecular weight is 543 g/mol. The third-order valence-electron chi connectivity index (χ3n) is 5.70. The summed E-state index contributed by atoms with van der Waals surface area (Å²) in [6, 6.07) is 7.37. The first-order valence-corrected chi connectivity index (χ1v) is 12.2. The van der Waals surface area contributed by atoms with Crippen LogP contribution in [0.25, 0.3) is 0 Å². The number of amides is 2. The van der Waals surface area contributed by atoms with Crippen molar-refractivity contribution < 1.29 is 27.1 Å². The number of rotatable bonds is 7. The molecule has 1 fully saturated rings. The van der Waals surface area contributed by atoms with Crippen molar-refractivity contribution in [3.63, 3.8) is 0 Å². The molecule has 1 aliphatic rings. The number of morpholine rings is 1. The largest absolute Gasteiger partial charge is 0.416 e. The lowest BCUT2D eigenvalue weighted by molar-refractivity contribution is -0.137. The number of nitrogens with one attached hydrogen (secondary N) is 3. The van der Waals surface area contributed by atoms with Crippen LogP contribution < -0.4 is 16.0 Å². The zero-order valence-electron chi connectivity index (χ0n) is 20.8. The van der Waals surface area contributed by atoms with Gasteiger partial charge in [-0.2, -0.15) is 13.2 Å². The fraction of sp³-hybridized carbons (Fsp3) is 0.296. The summed E-state index contributed by atoms with van der Waals surface area (Å²) in [7, 11) is 0. The Bertz CT molecular complexity index is 1330. The zero-order valence-corrected chi connectivity index (χ0v) is 20.8. The third kappa shape index (κ3) is 8.66. The number of nitrogens with zero attached hydrogens (tertiary/aromatic N) is 3. The summed E-state index contributed by atoms with van der Waals surface area (Å²) in [5.41, 5.74) is -0.200. The van der Waals surface area contributed by atoms with Gasteiger partial charge in [0.05, 0.1) is 30.0 Å². The van der Waals surface area contributed by atoms with Gasteiger partial charge in [0.2, 0.25) is 5.95 Å². The Balaban J connectivity index is 1.28. The minimum atomic E-state index is -4.67. The lowest BCUT2D eigenvalue weighted by Gasteiger charge is -2.26. The van der Waals surface area contributed by atoms with Crippen molar-refractivity contribution >= 4 is 23.4 Å². The van der Waals surface area contributed by atoms with Gasteiger partial charge in [0.15, 0.2) is 0 Å². The average Bonchev–Trinajstić information content (AvgIpc) is 2.92. The molecule has 0 unspecified atom stereocenters. The number of hydrogen-bond donors (Lipinski definition) is 3. The summed E-state index contributed by atoms with van der Waals surface area (Å²) < 4.78 is 57.9. The number of anilines is 3. The molecule has 1 aliphatic heterocycles. The second kappa shape index (κ2) is 13.0. The van der Waals surface area contributed by atoms with E-state index in [9.17, 15) is 22.4 Å². The van der Waals surface area contributed by atoms with E-state index in [2.05, 4.69) is 42.7 Å². The molecule has 12 heteroatoms. The maximum Gasteiger partial charge on any atom is 0.416 e. The molecule has 0 saturated carbocycles. The van der Waals surface area contributed by atoms with E-state index in [1.54, 1.807) is 36.7 Å². The van der Waals surface area contributed by atoms with Crippen LogP contribution in [0.1, 0.15) is 23.1 Å². The quantitative estimate of drug-likeness (QED) is 0.226. The van der Waals surface area contributed by atoms with Gasteiger partial charge in [-0.25, -0.2) is 19.2 Å². The van der Waals surface area contributed by atoms with E-state index in [1.807, 2.05) is 0 Å². The summed E-state index contributed by atoms with van der Waals surface area (Å²) in [6.45, 7) is 5.19. The molecule has 39 heavy (non-hydrogen) atoms. The van der Waals surface area contributed by atoms with Crippen LogP contribution in [0, 0.1) is 17.7 Å². The highest BCUT2D eigenvalue weighted by atomic mass is 19.4. The molecule has 2 aromatic carbocycles. The highest BCUT2D eigenvalue weighted by Crippen LogP contribution is 2.31. The van der Waals surface area contributed by atoms with Crippen LogP contribution in [0.5, 0.6) is 0 Å². The minimum Gasteiger partial charge on any atom is -0.379 e. The lowest BCUT2D eigenvalue weighted by Crippen LogP contribution is -2.37. The van der Waals surface area contributed by atoms with Gasteiger partial charge in [-0.15, -0.1) is 0 Å². The van der Waals surface area contributed by atoms with E-state index in [0.717, 1.165) is 45.8 Å². The molecule has 2 amide bonds. The van der Waals surface area contributed by atoms with Gasteiger partial charge in [0.25, 0.3) is 0 Å². The van der Waals surface area contributed by atoms with Gasteiger partial charge in [-0.05, 0) is 49.4 Å². The van der Waals surface area contributed by atoms with E-state index < -0.39 is 29.3 Å². The van der Waals surface area contributed by atoms with Crippen LogP contribution in [0.3, 0.4) is 0 Å². The van der Waals surface area contributed by atoms with Crippen LogP contribution in [0.4, 0.5) is 39.7 Å². The summed E-state index contributed by atoms with van der Waals surface area (Å²) >= 11 is 0.